The van der Waals surface area contributed by atoms with Crippen LogP contribution in [0.1, 0.15) is 11.1 Å². The predicted molar refractivity (Wildman–Crippen MR) is 82.2 cm³/mol. The van der Waals surface area contributed by atoms with Gasteiger partial charge in [-0.05, 0) is 49.2 Å². The van der Waals surface area contributed by atoms with Crippen LogP contribution in [-0.4, -0.2) is 20.6 Å². The van der Waals surface area contributed by atoms with Crippen LogP contribution >= 0.6 is 0 Å². The highest BCUT2D eigenvalue weighted by atomic mass is 19.1. The first kappa shape index (κ1) is 14.3. The van der Waals surface area contributed by atoms with Gasteiger partial charge in [-0.3, -0.25) is 4.79 Å². The molecule has 0 bridgehead atoms. The van der Waals surface area contributed by atoms with E-state index in [1.54, 1.807) is 16.7 Å². The molecule has 0 saturated heterocycles. The number of nitrogens with zero attached hydrogens (tertiary/aromatic N) is 2. The van der Waals surface area contributed by atoms with Crippen LogP contribution in [0.5, 0.6) is 0 Å². The quantitative estimate of drug-likeness (QED) is 0.804. The summed E-state index contributed by atoms with van der Waals surface area (Å²) in [6.07, 6.45) is 0. The van der Waals surface area contributed by atoms with E-state index in [0.717, 1.165) is 16.6 Å². The molecule has 1 heterocycles. The van der Waals surface area contributed by atoms with E-state index in [0.29, 0.717) is 16.9 Å². The van der Waals surface area contributed by atoms with E-state index in [-0.39, 0.29) is 12.4 Å². The summed E-state index contributed by atoms with van der Waals surface area (Å²) in [7, 11) is 0. The molecule has 0 radical (unpaired) electrons. The highest BCUT2D eigenvalue weighted by Gasteiger charge is 2.16. The number of benzene rings is 2. The van der Waals surface area contributed by atoms with Crippen molar-refractivity contribution < 1.29 is 14.3 Å². The Morgan fingerprint density at radius 2 is 1.95 bits per heavy atom. The van der Waals surface area contributed by atoms with E-state index in [4.69, 9.17) is 0 Å². The molecule has 1 N–H and O–H groups in total. The third kappa shape index (κ3) is 2.45. The number of carbonyl (C=O) groups is 1. The van der Waals surface area contributed by atoms with E-state index in [2.05, 4.69) is 4.98 Å². The number of halogens is 1. The highest BCUT2D eigenvalue weighted by molar-refractivity contribution is 5.84. The minimum atomic E-state index is -0.963. The second-order valence-electron chi connectivity index (χ2n) is 5.35. The summed E-state index contributed by atoms with van der Waals surface area (Å²) >= 11 is 0. The Balaban J connectivity index is 2.30. The van der Waals surface area contributed by atoms with Gasteiger partial charge in [-0.25, -0.2) is 9.37 Å². The Hall–Kier alpha value is -2.69. The van der Waals surface area contributed by atoms with Crippen molar-refractivity contribution in [3.63, 3.8) is 0 Å². The van der Waals surface area contributed by atoms with Gasteiger partial charge in [0.2, 0.25) is 0 Å². The summed E-state index contributed by atoms with van der Waals surface area (Å²) in [6.45, 7) is 3.73. The number of imidazole rings is 1. The van der Waals surface area contributed by atoms with Crippen molar-refractivity contribution in [3.05, 3.63) is 53.3 Å². The molecule has 2 aromatic carbocycles. The standard InChI is InChI=1S/C17H15FN2O2/c1-10-6-14-15(7-11(10)2)20(9-16(21)22)17(19-14)12-4-3-5-13(18)8-12/h3-8H,9H2,1-2H3,(H,21,22). The molecule has 112 valence electrons. The van der Waals surface area contributed by atoms with Crippen molar-refractivity contribution >= 4 is 17.0 Å². The van der Waals surface area contributed by atoms with Gasteiger partial charge in [0.1, 0.15) is 18.2 Å². The van der Waals surface area contributed by atoms with E-state index in [9.17, 15) is 14.3 Å². The third-order valence-electron chi connectivity index (χ3n) is 3.74. The van der Waals surface area contributed by atoms with Crippen LogP contribution in [0.25, 0.3) is 22.4 Å². The molecule has 0 spiro atoms. The molecule has 0 aliphatic rings. The summed E-state index contributed by atoms with van der Waals surface area (Å²) in [5.41, 5.74) is 4.16. The fourth-order valence-electron chi connectivity index (χ4n) is 2.52. The predicted octanol–water partition coefficient (Wildman–Crippen LogP) is 3.54. The Labute approximate surface area is 126 Å². The molecule has 0 fully saturated rings. The third-order valence-corrected chi connectivity index (χ3v) is 3.74. The maximum atomic E-state index is 13.5. The molecule has 5 heteroatoms. The van der Waals surface area contributed by atoms with Crippen LogP contribution in [0.4, 0.5) is 4.39 Å². The second kappa shape index (κ2) is 5.26. The number of hydrogen-bond donors (Lipinski definition) is 1. The number of carboxylic acids is 1. The Morgan fingerprint density at radius 1 is 1.23 bits per heavy atom. The van der Waals surface area contributed by atoms with Gasteiger partial charge >= 0.3 is 5.97 Å². The normalized spacial score (nSPS) is 11.0. The van der Waals surface area contributed by atoms with Gasteiger partial charge in [-0.2, -0.15) is 0 Å². The minimum Gasteiger partial charge on any atom is -0.480 e. The van der Waals surface area contributed by atoms with Crippen LogP contribution in [0.15, 0.2) is 36.4 Å². The lowest BCUT2D eigenvalue weighted by Crippen LogP contribution is -2.10. The lowest BCUT2D eigenvalue weighted by molar-refractivity contribution is -0.137. The molecule has 0 amide bonds. The highest BCUT2D eigenvalue weighted by Crippen LogP contribution is 2.27. The molecule has 0 aliphatic carbocycles. The first-order valence-electron chi connectivity index (χ1n) is 6.91. The Kier molecular flexibility index (Phi) is 3.41. The van der Waals surface area contributed by atoms with Gasteiger partial charge < -0.3 is 9.67 Å². The van der Waals surface area contributed by atoms with Gasteiger partial charge in [0.05, 0.1) is 11.0 Å². The zero-order valence-corrected chi connectivity index (χ0v) is 12.3. The molecule has 4 nitrogen and oxygen atoms in total. The smallest absolute Gasteiger partial charge is 0.323 e. The van der Waals surface area contributed by atoms with Crippen LogP contribution in [0.2, 0.25) is 0 Å². The van der Waals surface area contributed by atoms with Crippen LogP contribution < -0.4 is 0 Å². The molecule has 3 rings (SSSR count). The molecule has 0 atom stereocenters. The lowest BCUT2D eigenvalue weighted by atomic mass is 10.1. The van der Waals surface area contributed by atoms with E-state index in [1.807, 2.05) is 26.0 Å². The van der Waals surface area contributed by atoms with Gasteiger partial charge in [-0.15, -0.1) is 0 Å². The summed E-state index contributed by atoms with van der Waals surface area (Å²) in [6, 6.07) is 9.87. The van der Waals surface area contributed by atoms with Crippen molar-refractivity contribution in [2.45, 2.75) is 20.4 Å². The average molecular weight is 298 g/mol. The first-order chi connectivity index (χ1) is 10.5. The second-order valence-corrected chi connectivity index (χ2v) is 5.35. The monoisotopic (exact) mass is 298 g/mol. The molecule has 0 aliphatic heterocycles. The molecule has 0 saturated carbocycles. The van der Waals surface area contributed by atoms with E-state index >= 15 is 0 Å². The zero-order chi connectivity index (χ0) is 15.9. The fourth-order valence-corrected chi connectivity index (χ4v) is 2.52. The number of aromatic nitrogens is 2. The minimum absolute atomic E-state index is 0.217. The molecular formula is C17H15FN2O2. The van der Waals surface area contributed by atoms with Gasteiger partial charge in [-0.1, -0.05) is 12.1 Å². The van der Waals surface area contributed by atoms with Crippen molar-refractivity contribution in [1.29, 1.82) is 0 Å². The number of rotatable bonds is 3. The number of carboxylic acid groups (broad SMARTS) is 1. The van der Waals surface area contributed by atoms with Crippen LogP contribution in [0.3, 0.4) is 0 Å². The molecule has 0 unspecified atom stereocenters. The molecule has 22 heavy (non-hydrogen) atoms. The van der Waals surface area contributed by atoms with Crippen LogP contribution in [-0.2, 0) is 11.3 Å². The lowest BCUT2D eigenvalue weighted by Gasteiger charge is -2.07. The Bertz CT molecular complexity index is 884. The van der Waals surface area contributed by atoms with Crippen molar-refractivity contribution in [2.75, 3.05) is 0 Å². The number of aliphatic carboxylic acids is 1. The van der Waals surface area contributed by atoms with Crippen molar-refractivity contribution in [2.24, 2.45) is 0 Å². The number of hydrogen-bond acceptors (Lipinski definition) is 2. The van der Waals surface area contributed by atoms with Crippen molar-refractivity contribution in [1.82, 2.24) is 9.55 Å². The molecule has 3 aromatic rings. The van der Waals surface area contributed by atoms with Crippen LogP contribution in [0, 0.1) is 19.7 Å². The van der Waals surface area contributed by atoms with E-state index < -0.39 is 5.97 Å². The fraction of sp³-hybridized carbons (Fsp3) is 0.176. The number of fused-ring (bicyclic) bond motifs is 1. The summed E-state index contributed by atoms with van der Waals surface area (Å²) in [4.78, 5) is 15.7. The Morgan fingerprint density at radius 3 is 2.64 bits per heavy atom. The summed E-state index contributed by atoms with van der Waals surface area (Å²) in [5, 5.41) is 9.17. The maximum absolute atomic E-state index is 13.5. The van der Waals surface area contributed by atoms with E-state index in [1.165, 1.54) is 12.1 Å². The van der Waals surface area contributed by atoms with Gasteiger partial charge in [0.15, 0.2) is 0 Å². The summed E-state index contributed by atoms with van der Waals surface area (Å²) < 4.78 is 15.1. The molecule has 1 aromatic heterocycles. The average Bonchev–Trinajstić information content (AvgIpc) is 2.77. The summed E-state index contributed by atoms with van der Waals surface area (Å²) in [5.74, 6) is -0.879. The zero-order valence-electron chi connectivity index (χ0n) is 12.3. The van der Waals surface area contributed by atoms with Crippen molar-refractivity contribution in [3.8, 4) is 11.4 Å². The topological polar surface area (TPSA) is 55.1 Å². The largest absolute Gasteiger partial charge is 0.480 e. The molecular weight excluding hydrogens is 283 g/mol. The number of aryl methyl sites for hydroxylation is 2. The maximum Gasteiger partial charge on any atom is 0.323 e. The van der Waals surface area contributed by atoms with Gasteiger partial charge in [0, 0.05) is 5.56 Å². The SMILES string of the molecule is Cc1cc2nc(-c3cccc(F)c3)n(CC(=O)O)c2cc1C. The first-order valence-corrected chi connectivity index (χ1v) is 6.91. The van der Waals surface area contributed by atoms with Gasteiger partial charge in [0.25, 0.3) is 0 Å².